The molecule has 282 valence electrons. The molecule has 2 aromatic carbocycles. The molecule has 0 saturated heterocycles. The van der Waals surface area contributed by atoms with Crippen LogP contribution in [0.3, 0.4) is 0 Å². The Labute approximate surface area is 322 Å². The second-order valence-electron chi connectivity index (χ2n) is 13.8. The minimum atomic E-state index is -0.282. The van der Waals surface area contributed by atoms with Gasteiger partial charge in [0.25, 0.3) is 11.8 Å². The van der Waals surface area contributed by atoms with Gasteiger partial charge in [-0.3, -0.25) is 24.2 Å². The smallest absolute Gasteiger partial charge is 0.267 e. The number of ketones is 1. The number of methoxy groups -OCH3 is 1. The highest BCUT2D eigenvalue weighted by Gasteiger charge is 2.33. The summed E-state index contributed by atoms with van der Waals surface area (Å²) >= 11 is 0. The number of aromatic nitrogens is 2. The summed E-state index contributed by atoms with van der Waals surface area (Å²) in [5, 5.41) is 5.75. The Morgan fingerprint density at radius 1 is 1.04 bits per heavy atom. The molecule has 2 aliphatic heterocycles. The first-order chi connectivity index (χ1) is 25.9. The molecule has 6 rings (SSSR count). The van der Waals surface area contributed by atoms with Crippen LogP contribution >= 0.6 is 21.6 Å². The monoisotopic (exact) mass is 768 g/mol. The van der Waals surface area contributed by atoms with Crippen molar-refractivity contribution in [2.45, 2.75) is 56.9 Å². The van der Waals surface area contributed by atoms with Crippen molar-refractivity contribution >= 4 is 62.8 Å². The van der Waals surface area contributed by atoms with Gasteiger partial charge in [0.2, 0.25) is 5.91 Å². The van der Waals surface area contributed by atoms with Crippen LogP contribution in [0.25, 0.3) is 0 Å². The topological polar surface area (TPSA) is 144 Å². The lowest BCUT2D eigenvalue weighted by Crippen LogP contribution is -2.44. The summed E-state index contributed by atoms with van der Waals surface area (Å²) in [6.45, 7) is 5.37. The predicted molar refractivity (Wildman–Crippen MR) is 214 cm³/mol. The van der Waals surface area contributed by atoms with Crippen molar-refractivity contribution in [3.8, 4) is 11.5 Å². The lowest BCUT2D eigenvalue weighted by molar-refractivity contribution is -0.116. The number of aliphatic imine (C=N–C) groups is 1. The van der Waals surface area contributed by atoms with Crippen LogP contribution in [0.1, 0.15) is 74.7 Å². The van der Waals surface area contributed by atoms with E-state index in [2.05, 4.69) is 46.6 Å². The molecule has 54 heavy (non-hydrogen) atoms. The average Bonchev–Trinajstić information content (AvgIpc) is 3.47. The molecule has 0 saturated carbocycles. The van der Waals surface area contributed by atoms with Gasteiger partial charge in [-0.2, -0.15) is 0 Å². The molecule has 3 amide bonds. The number of ether oxygens (including phenoxy) is 2. The quantitative estimate of drug-likeness (QED) is 0.0792. The van der Waals surface area contributed by atoms with E-state index in [1.807, 2.05) is 29.5 Å². The average molecular weight is 769 g/mol. The Morgan fingerprint density at radius 3 is 2.61 bits per heavy atom. The van der Waals surface area contributed by atoms with Gasteiger partial charge in [0.15, 0.2) is 17.3 Å². The Balaban J connectivity index is 1.00. The van der Waals surface area contributed by atoms with Gasteiger partial charge in [-0.05, 0) is 73.9 Å². The minimum Gasteiger partial charge on any atom is -0.493 e. The maximum atomic E-state index is 13.6. The van der Waals surface area contributed by atoms with E-state index >= 15 is 0 Å². The summed E-state index contributed by atoms with van der Waals surface area (Å²) in [4.78, 5) is 63.4. The molecule has 0 fully saturated rings. The molecule has 1 atom stereocenters. The molecule has 4 heterocycles. The summed E-state index contributed by atoms with van der Waals surface area (Å²) in [5.74, 6) is 0.259. The Morgan fingerprint density at radius 2 is 1.83 bits per heavy atom. The summed E-state index contributed by atoms with van der Waals surface area (Å²) in [5.41, 5.74) is 4.66. The summed E-state index contributed by atoms with van der Waals surface area (Å²) in [6, 6.07) is 18.0. The number of anilines is 1. The molecule has 12 nitrogen and oxygen atoms in total. The van der Waals surface area contributed by atoms with Crippen LogP contribution in [0.15, 0.2) is 71.9 Å². The molecule has 2 aromatic heterocycles. The molecule has 0 aliphatic carbocycles. The van der Waals surface area contributed by atoms with E-state index in [1.165, 1.54) is 12.7 Å². The fourth-order valence-electron chi connectivity index (χ4n) is 6.47. The summed E-state index contributed by atoms with van der Waals surface area (Å²) in [6.07, 6.45) is 6.87. The van der Waals surface area contributed by atoms with E-state index in [-0.39, 0.29) is 65.3 Å². The van der Waals surface area contributed by atoms with E-state index in [9.17, 15) is 19.2 Å². The van der Waals surface area contributed by atoms with E-state index in [4.69, 9.17) is 9.47 Å². The first kappa shape index (κ1) is 38.6. The fraction of sp³-hybridized carbons (Fsp3) is 0.350. The minimum absolute atomic E-state index is 0.0510. The number of carbonyl (C=O) groups excluding carboxylic acids is 4. The Kier molecular flexibility index (Phi) is 12.1. The zero-order valence-electron chi connectivity index (χ0n) is 31.0. The van der Waals surface area contributed by atoms with E-state index in [1.54, 1.807) is 75.8 Å². The number of aryl methyl sites for hydroxylation is 1. The number of amides is 3. The van der Waals surface area contributed by atoms with Crippen LogP contribution < -0.4 is 20.1 Å². The number of carbonyl (C=O) groups is 4. The fourth-order valence-corrected chi connectivity index (χ4v) is 8.59. The van der Waals surface area contributed by atoms with Gasteiger partial charge in [-0.1, -0.05) is 51.9 Å². The van der Waals surface area contributed by atoms with Crippen LogP contribution in [-0.2, 0) is 31.2 Å². The Hall–Kier alpha value is -5.08. The number of nitrogens with one attached hydrogen (secondary N) is 2. The molecule has 0 bridgehead atoms. The van der Waals surface area contributed by atoms with Gasteiger partial charge in [0.1, 0.15) is 17.2 Å². The number of Topliss-reactive ketones (excluding diaryl/α,β-unsaturated/α-hetero) is 1. The highest BCUT2D eigenvalue weighted by molar-refractivity contribution is 8.77. The van der Waals surface area contributed by atoms with Gasteiger partial charge < -0.3 is 29.6 Å². The van der Waals surface area contributed by atoms with Crippen LogP contribution in [0.4, 0.5) is 11.5 Å². The molecule has 2 N–H and O–H groups in total. The molecular formula is C40H44N6O6S2. The zero-order chi connectivity index (χ0) is 38.4. The van der Waals surface area contributed by atoms with Gasteiger partial charge in [-0.15, -0.1) is 0 Å². The van der Waals surface area contributed by atoms with E-state index < -0.39 is 0 Å². The number of pyridine rings is 1. The molecule has 2 aliphatic rings. The molecule has 4 aromatic rings. The van der Waals surface area contributed by atoms with Crippen molar-refractivity contribution in [2.24, 2.45) is 12.0 Å². The zero-order valence-corrected chi connectivity index (χ0v) is 32.6. The first-order valence-corrected chi connectivity index (χ1v) is 20.2. The maximum Gasteiger partial charge on any atom is 0.267 e. The normalized spacial score (nSPS) is 14.7. The second-order valence-corrected chi connectivity index (χ2v) is 16.9. The van der Waals surface area contributed by atoms with Crippen molar-refractivity contribution in [1.82, 2.24) is 19.8 Å². The van der Waals surface area contributed by atoms with Crippen molar-refractivity contribution in [3.05, 3.63) is 101 Å². The third-order valence-electron chi connectivity index (χ3n) is 9.20. The lowest BCUT2D eigenvalue weighted by atomic mass is 9.94. The van der Waals surface area contributed by atoms with Gasteiger partial charge >= 0.3 is 0 Å². The highest BCUT2D eigenvalue weighted by Crippen LogP contribution is 2.38. The standard InChI is InChI=1S/C40H44N6O6S2/c1-40(2,54-53-5)24-42-38(49)32-16-25(22-45(32)3)17-33(47)30-12-8-13-36(43-30)44-37(48)14-9-15-52-35-20-31-29(19-34(35)51-4)39(50)46-23-27-11-7-6-10-26(27)18-28(46)21-41-31/h6-8,10-13,16,19-22,28H,9,14-15,17-18,23-24H2,1-5H3,(H,42,49)(H,43,44,48)/t28-/m0/s1. The van der Waals surface area contributed by atoms with Gasteiger partial charge in [0, 0.05) is 56.2 Å². The van der Waals surface area contributed by atoms with Crippen LogP contribution in [-0.4, -0.2) is 81.5 Å². The molecule has 0 spiro atoms. The number of nitrogens with zero attached hydrogens (tertiary/aromatic N) is 4. The highest BCUT2D eigenvalue weighted by atomic mass is 33.1. The SMILES string of the molecule is COc1cc2c(cc1OCCCC(=O)Nc1cccc(C(=O)Cc3cc(C(=O)NCC(C)(C)SSC)n(C)c3)n1)N=C[C@@H]1Cc3ccccc3CN1C2=O. The largest absolute Gasteiger partial charge is 0.493 e. The number of fused-ring (bicyclic) bond motifs is 3. The third-order valence-corrected chi connectivity index (χ3v) is 11.8. The van der Waals surface area contributed by atoms with Crippen molar-refractivity contribution in [3.63, 3.8) is 0 Å². The molecule has 0 unspecified atom stereocenters. The van der Waals surface area contributed by atoms with Gasteiger partial charge in [0.05, 0.1) is 31.0 Å². The lowest BCUT2D eigenvalue weighted by Gasteiger charge is -2.34. The van der Waals surface area contributed by atoms with Crippen molar-refractivity contribution < 1.29 is 28.7 Å². The van der Waals surface area contributed by atoms with Gasteiger partial charge in [-0.25, -0.2) is 4.98 Å². The number of hydrogen-bond donors (Lipinski definition) is 2. The summed E-state index contributed by atoms with van der Waals surface area (Å²) < 4.78 is 13.2. The Bertz CT molecular complexity index is 2100. The summed E-state index contributed by atoms with van der Waals surface area (Å²) in [7, 11) is 6.64. The first-order valence-electron chi connectivity index (χ1n) is 17.7. The van der Waals surface area contributed by atoms with Crippen LogP contribution in [0, 0.1) is 0 Å². The van der Waals surface area contributed by atoms with Crippen LogP contribution in [0.2, 0.25) is 0 Å². The second kappa shape index (κ2) is 16.9. The molecule has 0 radical (unpaired) electrons. The van der Waals surface area contributed by atoms with Crippen molar-refractivity contribution in [2.75, 3.05) is 31.8 Å². The number of benzene rings is 2. The van der Waals surface area contributed by atoms with E-state index in [0.29, 0.717) is 59.9 Å². The van der Waals surface area contributed by atoms with E-state index in [0.717, 1.165) is 5.56 Å². The maximum absolute atomic E-state index is 13.6. The molecular weight excluding hydrogens is 725 g/mol. The molecule has 14 heteroatoms. The predicted octanol–water partition coefficient (Wildman–Crippen LogP) is 6.45. The number of hydrogen-bond acceptors (Lipinski definition) is 10. The van der Waals surface area contributed by atoms with Crippen molar-refractivity contribution in [1.29, 1.82) is 0 Å². The number of rotatable bonds is 15. The third kappa shape index (κ3) is 9.16. The van der Waals surface area contributed by atoms with Crippen LogP contribution in [0.5, 0.6) is 11.5 Å².